The van der Waals surface area contributed by atoms with E-state index in [9.17, 15) is 9.59 Å². The number of benzene rings is 1. The molecule has 0 unspecified atom stereocenters. The smallest absolute Gasteiger partial charge is 0.351 e. The Morgan fingerprint density at radius 2 is 2.00 bits per heavy atom. The summed E-state index contributed by atoms with van der Waals surface area (Å²) in [5, 5.41) is 0. The summed E-state index contributed by atoms with van der Waals surface area (Å²) >= 11 is 0. The van der Waals surface area contributed by atoms with Gasteiger partial charge in [0.25, 0.3) is 0 Å². The van der Waals surface area contributed by atoms with Gasteiger partial charge < -0.3 is 23.7 Å². The maximum absolute atomic E-state index is 13.6. The van der Waals surface area contributed by atoms with Crippen LogP contribution in [0.25, 0.3) is 0 Å². The number of fused-ring (bicyclic) bond motifs is 3. The van der Waals surface area contributed by atoms with E-state index in [1.165, 1.54) is 5.56 Å². The second kappa shape index (κ2) is 8.15. The average Bonchev–Trinajstić information content (AvgIpc) is 3.49. The van der Waals surface area contributed by atoms with Crippen LogP contribution in [0.3, 0.4) is 0 Å². The molecule has 2 fully saturated rings. The number of ether oxygens (including phenoxy) is 5. The molecule has 4 heterocycles. The van der Waals surface area contributed by atoms with E-state index in [1.54, 1.807) is 7.11 Å². The fraction of sp³-hybridized carbons (Fsp3) is 0.630. The Morgan fingerprint density at radius 1 is 1.23 bits per heavy atom. The van der Waals surface area contributed by atoms with Gasteiger partial charge in [-0.05, 0) is 73.9 Å². The number of hydrogen-bond acceptors (Lipinski definition) is 8. The van der Waals surface area contributed by atoms with Gasteiger partial charge in [0.2, 0.25) is 12.4 Å². The lowest BCUT2D eigenvalue weighted by molar-refractivity contribution is -0.212. The quantitative estimate of drug-likeness (QED) is 0.569. The van der Waals surface area contributed by atoms with E-state index < -0.39 is 17.7 Å². The molecule has 0 aromatic heterocycles. The van der Waals surface area contributed by atoms with Gasteiger partial charge in [-0.2, -0.15) is 0 Å². The molecule has 35 heavy (non-hydrogen) atoms. The fourth-order valence-corrected chi connectivity index (χ4v) is 6.64. The minimum absolute atomic E-state index is 0.0640. The Kier molecular flexibility index (Phi) is 5.29. The third-order valence-corrected chi connectivity index (χ3v) is 8.43. The van der Waals surface area contributed by atoms with Crippen molar-refractivity contribution in [2.24, 2.45) is 5.92 Å². The molecule has 4 atom stereocenters. The highest BCUT2D eigenvalue weighted by molar-refractivity contribution is 5.93. The third-order valence-electron chi connectivity index (χ3n) is 8.43. The molecule has 4 aliphatic heterocycles. The molecule has 0 saturated carbocycles. The summed E-state index contributed by atoms with van der Waals surface area (Å²) in [5.74, 6) is 1.56. The third kappa shape index (κ3) is 3.44. The Morgan fingerprint density at radius 3 is 2.71 bits per heavy atom. The lowest BCUT2D eigenvalue weighted by atomic mass is 9.77. The monoisotopic (exact) mass is 483 g/mol. The van der Waals surface area contributed by atoms with Gasteiger partial charge in [0, 0.05) is 6.54 Å². The average molecular weight is 484 g/mol. The van der Waals surface area contributed by atoms with Crippen molar-refractivity contribution in [1.29, 1.82) is 0 Å². The molecule has 0 N–H and O–H groups in total. The Hall–Kier alpha value is -2.74. The number of cyclic esters (lactones) is 1. The van der Waals surface area contributed by atoms with Crippen LogP contribution in [0.5, 0.6) is 11.5 Å². The van der Waals surface area contributed by atoms with Gasteiger partial charge in [-0.3, -0.25) is 9.69 Å². The molecular formula is C27H33NO7. The van der Waals surface area contributed by atoms with Crippen LogP contribution in [0.4, 0.5) is 0 Å². The minimum Gasteiger partial charge on any atom is -0.497 e. The van der Waals surface area contributed by atoms with Crippen molar-refractivity contribution in [3.8, 4) is 11.5 Å². The Labute approximate surface area is 205 Å². The van der Waals surface area contributed by atoms with Gasteiger partial charge in [-0.25, -0.2) is 4.79 Å². The first-order chi connectivity index (χ1) is 16.8. The summed E-state index contributed by atoms with van der Waals surface area (Å²) in [6.07, 6.45) is 5.78. The molecule has 8 heteroatoms. The molecule has 188 valence electrons. The van der Waals surface area contributed by atoms with Crippen LogP contribution in [0.2, 0.25) is 0 Å². The lowest BCUT2D eigenvalue weighted by Gasteiger charge is -2.42. The van der Waals surface area contributed by atoms with Gasteiger partial charge in [-0.1, -0.05) is 13.8 Å². The van der Waals surface area contributed by atoms with Crippen LogP contribution >= 0.6 is 0 Å². The summed E-state index contributed by atoms with van der Waals surface area (Å²) in [7, 11) is 1.63. The SMILES string of the molecule is COC1=C[C@]23CCCN2CCc2cc4c(cc2[C@@H]3[C@@H]1OC(=O)[C@@]1(CCC(C)C)CC(=O)O1)OCO4. The molecule has 8 nitrogen and oxygen atoms in total. The van der Waals surface area contributed by atoms with Crippen LogP contribution in [0.1, 0.15) is 63.0 Å². The van der Waals surface area contributed by atoms with Gasteiger partial charge >= 0.3 is 11.9 Å². The summed E-state index contributed by atoms with van der Waals surface area (Å²) in [4.78, 5) is 28.0. The van der Waals surface area contributed by atoms with Crippen LogP contribution in [0, 0.1) is 5.92 Å². The maximum atomic E-state index is 13.6. The fourth-order valence-electron chi connectivity index (χ4n) is 6.64. The Balaban J connectivity index is 1.39. The largest absolute Gasteiger partial charge is 0.497 e. The zero-order valence-corrected chi connectivity index (χ0v) is 20.6. The van der Waals surface area contributed by atoms with Gasteiger partial charge in [0.15, 0.2) is 17.6 Å². The van der Waals surface area contributed by atoms with Crippen LogP contribution < -0.4 is 9.47 Å². The summed E-state index contributed by atoms with van der Waals surface area (Å²) < 4.78 is 29.0. The van der Waals surface area contributed by atoms with Crippen molar-refractivity contribution < 1.29 is 33.3 Å². The molecule has 5 aliphatic rings. The first-order valence-electron chi connectivity index (χ1n) is 12.7. The van der Waals surface area contributed by atoms with E-state index in [0.717, 1.165) is 55.8 Å². The minimum atomic E-state index is -1.20. The number of carbonyl (C=O) groups is 2. The summed E-state index contributed by atoms with van der Waals surface area (Å²) in [5.41, 5.74) is 0.802. The molecular weight excluding hydrogens is 450 g/mol. The summed E-state index contributed by atoms with van der Waals surface area (Å²) in [6, 6.07) is 4.14. The number of rotatable bonds is 6. The lowest BCUT2D eigenvalue weighted by Crippen LogP contribution is -2.56. The molecule has 2 saturated heterocycles. The second-order valence-corrected chi connectivity index (χ2v) is 10.9. The first-order valence-corrected chi connectivity index (χ1v) is 12.7. The van der Waals surface area contributed by atoms with Crippen LogP contribution in [-0.2, 0) is 30.2 Å². The van der Waals surface area contributed by atoms with E-state index in [1.807, 2.05) is 0 Å². The molecule has 1 aromatic rings. The van der Waals surface area contributed by atoms with Gasteiger partial charge in [0.05, 0.1) is 25.0 Å². The molecule has 0 amide bonds. The van der Waals surface area contributed by atoms with Crippen LogP contribution in [-0.4, -0.2) is 61.1 Å². The molecule has 0 bridgehead atoms. The topological polar surface area (TPSA) is 83.5 Å². The van der Waals surface area contributed by atoms with Crippen molar-refractivity contribution in [2.45, 2.75) is 75.5 Å². The number of hydrogen-bond donors (Lipinski definition) is 0. The highest BCUT2D eigenvalue weighted by atomic mass is 16.7. The van der Waals surface area contributed by atoms with Crippen LogP contribution in [0.15, 0.2) is 24.0 Å². The van der Waals surface area contributed by atoms with Crippen molar-refractivity contribution >= 4 is 11.9 Å². The van der Waals surface area contributed by atoms with Crippen molar-refractivity contribution in [2.75, 3.05) is 27.0 Å². The number of carbonyl (C=O) groups excluding carboxylic acids is 2. The zero-order valence-electron chi connectivity index (χ0n) is 20.6. The van der Waals surface area contributed by atoms with E-state index >= 15 is 0 Å². The number of esters is 2. The molecule has 1 spiro atoms. The van der Waals surface area contributed by atoms with Crippen molar-refractivity contribution in [3.63, 3.8) is 0 Å². The second-order valence-electron chi connectivity index (χ2n) is 10.9. The highest BCUT2D eigenvalue weighted by Crippen LogP contribution is 2.56. The van der Waals surface area contributed by atoms with Gasteiger partial charge in [0.1, 0.15) is 5.76 Å². The normalized spacial score (nSPS) is 32.7. The predicted molar refractivity (Wildman–Crippen MR) is 125 cm³/mol. The molecule has 0 radical (unpaired) electrons. The molecule has 1 aromatic carbocycles. The number of nitrogens with zero attached hydrogens (tertiary/aromatic N) is 1. The van der Waals surface area contributed by atoms with E-state index in [0.29, 0.717) is 18.1 Å². The number of methoxy groups -OCH3 is 1. The highest BCUT2D eigenvalue weighted by Gasteiger charge is 2.60. The van der Waals surface area contributed by atoms with Crippen molar-refractivity contribution in [1.82, 2.24) is 4.90 Å². The zero-order chi connectivity index (χ0) is 24.4. The first kappa shape index (κ1) is 22.7. The van der Waals surface area contributed by atoms with E-state index in [-0.39, 0.29) is 30.6 Å². The molecule has 6 rings (SSSR count). The maximum Gasteiger partial charge on any atom is 0.351 e. The molecule has 1 aliphatic carbocycles. The predicted octanol–water partition coefficient (Wildman–Crippen LogP) is 3.47. The summed E-state index contributed by atoms with van der Waals surface area (Å²) in [6.45, 7) is 6.29. The standard InChI is InChI=1S/C27H33NO7/c1-16(2)5-8-27(14-22(29)35-27)25(30)34-24-21(31-3)13-26-7-4-9-28(26)10-6-17-11-19-20(33-15-32-19)12-18(17)23(24)26/h11-13,16,23-24H,4-10,14-15H2,1-3H3/t23-,24-,26+,27-/m1/s1. The van der Waals surface area contributed by atoms with Crippen molar-refractivity contribution in [3.05, 3.63) is 35.1 Å². The Bertz CT molecular complexity index is 1090. The van der Waals surface area contributed by atoms with E-state index in [4.69, 9.17) is 23.7 Å². The van der Waals surface area contributed by atoms with E-state index in [2.05, 4.69) is 37.0 Å². The van der Waals surface area contributed by atoms with Gasteiger partial charge in [-0.15, -0.1) is 0 Å².